The normalized spacial score (nSPS) is 14.0. The van der Waals surface area contributed by atoms with Gasteiger partial charge < -0.3 is 19.4 Å². The lowest BCUT2D eigenvalue weighted by molar-refractivity contribution is -0.870. The molecular weight excluding hydrogens is 952 g/mol. The van der Waals surface area contributed by atoms with Crippen molar-refractivity contribution in [1.29, 1.82) is 0 Å². The maximum atomic E-state index is 13.6. The maximum absolute atomic E-state index is 13.6. The predicted octanol–water partition coefficient (Wildman–Crippen LogP) is 19.7. The molecule has 0 aliphatic carbocycles. The van der Waals surface area contributed by atoms with E-state index in [1.165, 1.54) is 199 Å². The van der Waals surface area contributed by atoms with Crippen molar-refractivity contribution in [2.75, 3.05) is 40.9 Å². The van der Waals surface area contributed by atoms with Crippen molar-refractivity contribution in [2.45, 2.75) is 315 Å². The summed E-state index contributed by atoms with van der Waals surface area (Å²) in [5.41, 5.74) is 0. The Morgan fingerprint density at radius 1 is 0.467 bits per heavy atom. The fourth-order valence-corrected chi connectivity index (χ4v) is 10.00. The van der Waals surface area contributed by atoms with E-state index < -0.39 is 20.0 Å². The van der Waals surface area contributed by atoms with E-state index in [0.29, 0.717) is 17.4 Å². The smallest absolute Gasteiger partial charge is 0.456 e. The number of phosphoric ester groups is 1. The molecule has 9 nitrogen and oxygen atoms in total. The van der Waals surface area contributed by atoms with E-state index in [1.54, 1.807) is 0 Å². The highest BCUT2D eigenvalue weighted by Gasteiger charge is 2.30. The van der Waals surface area contributed by atoms with Gasteiger partial charge in [0.15, 0.2) is 0 Å². The van der Waals surface area contributed by atoms with Gasteiger partial charge in [-0.15, -0.1) is 0 Å². The van der Waals surface area contributed by atoms with Crippen LogP contribution in [0.1, 0.15) is 303 Å². The number of rotatable bonds is 58. The zero-order chi connectivity index (χ0) is 55.0. The van der Waals surface area contributed by atoms with Gasteiger partial charge in [0.05, 0.1) is 33.8 Å². The Hall–Kier alpha value is -2.03. The summed E-state index contributed by atoms with van der Waals surface area (Å²) in [6, 6.07) is -0.850. The zero-order valence-electron chi connectivity index (χ0n) is 50.3. The molecule has 1 amide bonds. The molecule has 3 unspecified atom stereocenters. The minimum absolute atomic E-state index is 0.0398. The van der Waals surface area contributed by atoms with Gasteiger partial charge in [-0.1, -0.05) is 250 Å². The van der Waals surface area contributed by atoms with Crippen molar-refractivity contribution < 1.29 is 37.3 Å². The lowest BCUT2D eigenvalue weighted by Crippen LogP contribution is -2.47. The molecule has 75 heavy (non-hydrogen) atoms. The Bertz CT molecular complexity index is 1420. The zero-order valence-corrected chi connectivity index (χ0v) is 51.2. The lowest BCUT2D eigenvalue weighted by Gasteiger charge is -2.27. The molecule has 0 fully saturated rings. The fourth-order valence-electron chi connectivity index (χ4n) is 9.26. The number of hydrogen-bond donors (Lipinski definition) is 2. The molecule has 0 radical (unpaired) electrons. The number of unbranched alkanes of at least 4 members (excludes halogenated alkanes) is 36. The summed E-state index contributed by atoms with van der Waals surface area (Å²) in [6.07, 6.45) is 68.1. The number of quaternary nitrogens is 1. The number of allylic oxidation sites excluding steroid dienone is 7. The molecule has 10 heteroatoms. The standard InChI is InChI=1S/C65H123N2O7P/c1-7-10-13-16-19-22-25-28-30-31-32-33-34-35-37-39-42-45-48-51-54-57-64(68)66-62(61-73-75(70,71)72-60-59-67(4,5)6)63(56-53-50-47-44-41-38-27-24-21-18-15-12-9-3)74-65(69)58-55-52-49-46-43-40-36-29-26-23-20-17-14-11-8-2/h19,22-23,26,28,30,53,56,62-63H,7-18,20-21,24-25,27,29,31-52,54-55,57-61H2,1-6H3,(H-,66,68,70,71)/p+1/b22-19-,26-23-,30-28-,56-53-. The topological polar surface area (TPSA) is 111 Å². The van der Waals surface area contributed by atoms with Crippen LogP contribution in [0.15, 0.2) is 48.6 Å². The summed E-state index contributed by atoms with van der Waals surface area (Å²) in [4.78, 5) is 37.7. The van der Waals surface area contributed by atoms with E-state index in [-0.39, 0.29) is 31.5 Å². The summed E-state index contributed by atoms with van der Waals surface area (Å²) in [7, 11) is 1.50. The maximum Gasteiger partial charge on any atom is 0.472 e. The molecule has 440 valence electrons. The Morgan fingerprint density at radius 2 is 0.813 bits per heavy atom. The van der Waals surface area contributed by atoms with Gasteiger partial charge in [-0.05, 0) is 89.5 Å². The van der Waals surface area contributed by atoms with E-state index in [0.717, 1.165) is 70.6 Å². The fraction of sp³-hybridized carbons (Fsp3) is 0.846. The molecule has 0 bridgehead atoms. The minimum Gasteiger partial charge on any atom is -0.456 e. The number of amides is 1. The van der Waals surface area contributed by atoms with E-state index in [2.05, 4.69) is 62.5 Å². The first-order valence-corrected chi connectivity index (χ1v) is 33.5. The molecule has 0 heterocycles. The SMILES string of the molecule is CCCCC/C=C\C/C=C\CCCCCCCCCCCCCC(=O)NC(COP(=O)(O)OCC[N+](C)(C)C)C(/C=C\CCCCCCCCCCCCC)OC(=O)CCCCCCCCC/C=C\CCCCCC. The number of ether oxygens (including phenoxy) is 1. The van der Waals surface area contributed by atoms with Crippen molar-refractivity contribution in [3.05, 3.63) is 48.6 Å². The summed E-state index contributed by atoms with van der Waals surface area (Å²) >= 11 is 0. The molecule has 0 aliphatic rings. The van der Waals surface area contributed by atoms with Crippen molar-refractivity contribution in [3.8, 4) is 0 Å². The number of nitrogens with zero attached hydrogens (tertiary/aromatic N) is 1. The molecule has 0 aliphatic heterocycles. The van der Waals surface area contributed by atoms with Gasteiger partial charge in [0, 0.05) is 12.8 Å². The first kappa shape index (κ1) is 73.0. The molecule has 0 spiro atoms. The first-order valence-electron chi connectivity index (χ1n) is 32.0. The second kappa shape index (κ2) is 55.3. The summed E-state index contributed by atoms with van der Waals surface area (Å²) in [5, 5.41) is 3.06. The average molecular weight is 1080 g/mol. The van der Waals surface area contributed by atoms with Crippen LogP contribution in [0.5, 0.6) is 0 Å². The summed E-state index contributed by atoms with van der Waals surface area (Å²) in [5.74, 6) is -0.503. The number of phosphoric acid groups is 1. The van der Waals surface area contributed by atoms with Crippen LogP contribution in [-0.4, -0.2) is 74.3 Å². The van der Waals surface area contributed by atoms with Crippen molar-refractivity contribution >= 4 is 19.7 Å². The van der Waals surface area contributed by atoms with Crippen molar-refractivity contribution in [3.63, 3.8) is 0 Å². The van der Waals surface area contributed by atoms with Gasteiger partial charge in [0.25, 0.3) is 0 Å². The quantitative estimate of drug-likeness (QED) is 0.0205. The third-order valence-corrected chi connectivity index (χ3v) is 15.2. The highest BCUT2D eigenvalue weighted by molar-refractivity contribution is 7.47. The van der Waals surface area contributed by atoms with Gasteiger partial charge in [-0.3, -0.25) is 18.6 Å². The average Bonchev–Trinajstić information content (AvgIpc) is 3.37. The lowest BCUT2D eigenvalue weighted by atomic mass is 10.0. The van der Waals surface area contributed by atoms with Crippen molar-refractivity contribution in [1.82, 2.24) is 5.32 Å². The number of likely N-dealkylation sites (N-methyl/N-ethyl adjacent to an activating group) is 1. The van der Waals surface area contributed by atoms with Crippen LogP contribution < -0.4 is 5.32 Å². The monoisotopic (exact) mass is 1080 g/mol. The predicted molar refractivity (Wildman–Crippen MR) is 323 cm³/mol. The molecule has 3 atom stereocenters. The third-order valence-electron chi connectivity index (χ3n) is 14.2. The van der Waals surface area contributed by atoms with Crippen LogP contribution in [0.25, 0.3) is 0 Å². The van der Waals surface area contributed by atoms with Gasteiger partial charge >= 0.3 is 13.8 Å². The van der Waals surface area contributed by atoms with Crippen LogP contribution in [0.4, 0.5) is 0 Å². The van der Waals surface area contributed by atoms with Crippen molar-refractivity contribution in [2.24, 2.45) is 0 Å². The van der Waals surface area contributed by atoms with E-state index in [4.69, 9.17) is 13.8 Å². The molecule has 2 N–H and O–H groups in total. The molecule has 0 aromatic carbocycles. The van der Waals surface area contributed by atoms with Crippen LogP contribution in [0.2, 0.25) is 0 Å². The van der Waals surface area contributed by atoms with Crippen LogP contribution >= 0.6 is 7.82 Å². The largest absolute Gasteiger partial charge is 0.472 e. The van der Waals surface area contributed by atoms with Gasteiger partial charge in [-0.2, -0.15) is 0 Å². The Balaban J connectivity index is 5.22. The van der Waals surface area contributed by atoms with E-state index in [1.807, 2.05) is 33.3 Å². The minimum atomic E-state index is -4.45. The molecule has 0 saturated carbocycles. The number of carbonyl (C=O) groups is 2. The first-order chi connectivity index (χ1) is 36.4. The van der Waals surface area contributed by atoms with Crippen LogP contribution in [-0.2, 0) is 27.9 Å². The highest BCUT2D eigenvalue weighted by Crippen LogP contribution is 2.43. The van der Waals surface area contributed by atoms with E-state index >= 15 is 0 Å². The van der Waals surface area contributed by atoms with Crippen LogP contribution in [0, 0.1) is 0 Å². The number of nitrogens with one attached hydrogen (secondary N) is 1. The number of carbonyl (C=O) groups excluding carboxylic acids is 2. The third kappa shape index (κ3) is 56.5. The number of esters is 1. The van der Waals surface area contributed by atoms with Gasteiger partial charge in [0.1, 0.15) is 19.3 Å². The molecule has 0 saturated heterocycles. The molecular formula is C65H124N2O7P+. The Kier molecular flexibility index (Phi) is 53.8. The Labute approximate surface area is 465 Å². The molecule has 0 aromatic heterocycles. The van der Waals surface area contributed by atoms with Gasteiger partial charge in [0.2, 0.25) is 5.91 Å². The second-order valence-corrected chi connectivity index (χ2v) is 24.4. The summed E-state index contributed by atoms with van der Waals surface area (Å²) < 4.78 is 30.7. The van der Waals surface area contributed by atoms with E-state index in [9.17, 15) is 19.0 Å². The molecule has 0 rings (SSSR count). The van der Waals surface area contributed by atoms with Crippen LogP contribution in [0.3, 0.4) is 0 Å². The van der Waals surface area contributed by atoms with Gasteiger partial charge in [-0.25, -0.2) is 4.57 Å². The molecule has 0 aromatic rings. The Morgan fingerprint density at radius 3 is 1.25 bits per heavy atom. The summed E-state index contributed by atoms with van der Waals surface area (Å²) in [6.45, 7) is 7.00. The highest BCUT2D eigenvalue weighted by atomic mass is 31.2. The number of hydrogen-bond acceptors (Lipinski definition) is 6. The second-order valence-electron chi connectivity index (χ2n) is 22.9.